The maximum Gasteiger partial charge on any atom is 0.251 e. The number of hydrogen-bond acceptors (Lipinski definition) is 3. The van der Waals surface area contributed by atoms with Crippen LogP contribution in [0.2, 0.25) is 0 Å². The van der Waals surface area contributed by atoms with Gasteiger partial charge in [-0.05, 0) is 61.2 Å². The third-order valence-corrected chi connectivity index (χ3v) is 5.88. The van der Waals surface area contributed by atoms with Crippen molar-refractivity contribution in [3.8, 4) is 5.75 Å². The minimum Gasteiger partial charge on any atom is -0.494 e. The first-order valence-electron chi connectivity index (χ1n) is 11.7. The number of nitrogens with one attached hydrogen (secondary N) is 1. The molecule has 0 unspecified atom stereocenters. The number of carbonyl (C=O) groups is 1. The van der Waals surface area contributed by atoms with Gasteiger partial charge in [0, 0.05) is 25.1 Å². The number of ether oxygens (including phenoxy) is 1. The number of rotatable bonds is 10. The van der Waals surface area contributed by atoms with E-state index in [1.807, 2.05) is 61.5 Å². The lowest BCUT2D eigenvalue weighted by Gasteiger charge is -2.12. The largest absolute Gasteiger partial charge is 0.494 e. The van der Waals surface area contributed by atoms with Crippen LogP contribution in [0.25, 0.3) is 11.0 Å². The predicted molar refractivity (Wildman–Crippen MR) is 133 cm³/mol. The van der Waals surface area contributed by atoms with Crippen LogP contribution in [0.15, 0.2) is 72.8 Å². The highest BCUT2D eigenvalue weighted by Crippen LogP contribution is 2.18. The third kappa shape index (κ3) is 5.61. The molecule has 0 saturated carbocycles. The van der Waals surface area contributed by atoms with Gasteiger partial charge in [0.2, 0.25) is 0 Å². The van der Waals surface area contributed by atoms with Crippen LogP contribution in [0.3, 0.4) is 0 Å². The van der Waals surface area contributed by atoms with E-state index in [-0.39, 0.29) is 5.91 Å². The Labute approximate surface area is 195 Å². The lowest BCUT2D eigenvalue weighted by molar-refractivity contribution is 0.0953. The average Bonchev–Trinajstić information content (AvgIpc) is 3.19. The molecule has 1 aromatic heterocycles. The number of para-hydroxylation sites is 2. The van der Waals surface area contributed by atoms with Crippen molar-refractivity contribution in [2.75, 3.05) is 13.2 Å². The number of carbonyl (C=O) groups excluding carboxylic acids is 1. The quantitative estimate of drug-likeness (QED) is 0.338. The van der Waals surface area contributed by atoms with Gasteiger partial charge in [0.25, 0.3) is 5.91 Å². The zero-order chi connectivity index (χ0) is 23.0. The van der Waals surface area contributed by atoms with Crippen LogP contribution in [0.1, 0.15) is 40.7 Å². The molecule has 0 spiro atoms. The minimum atomic E-state index is -0.0433. The van der Waals surface area contributed by atoms with Gasteiger partial charge in [0.1, 0.15) is 11.6 Å². The Hall–Kier alpha value is -3.60. The standard InChI is InChI=1S/C28H31N3O2/c1-3-22-13-15-23(16-14-22)33-20-8-19-31-26-12-7-6-11-25(26)30-27(31)17-18-29-28(32)24-10-5-4-9-21(24)2/h4-7,9-16H,3,8,17-20H2,1-2H3,(H,29,32). The predicted octanol–water partition coefficient (Wildman–Crippen LogP) is 5.35. The van der Waals surface area contributed by atoms with Crippen molar-refractivity contribution >= 4 is 16.9 Å². The normalized spacial score (nSPS) is 11.0. The molecule has 1 amide bonds. The van der Waals surface area contributed by atoms with E-state index in [2.05, 4.69) is 35.0 Å². The number of aromatic nitrogens is 2. The van der Waals surface area contributed by atoms with E-state index in [1.165, 1.54) is 5.56 Å². The molecular weight excluding hydrogens is 410 g/mol. The molecule has 0 aliphatic heterocycles. The minimum absolute atomic E-state index is 0.0433. The summed E-state index contributed by atoms with van der Waals surface area (Å²) in [4.78, 5) is 17.4. The van der Waals surface area contributed by atoms with E-state index in [1.54, 1.807) is 0 Å². The second-order valence-corrected chi connectivity index (χ2v) is 8.19. The van der Waals surface area contributed by atoms with Gasteiger partial charge in [-0.3, -0.25) is 4.79 Å². The summed E-state index contributed by atoms with van der Waals surface area (Å²) in [5, 5.41) is 3.04. The van der Waals surface area contributed by atoms with Gasteiger partial charge in [-0.2, -0.15) is 0 Å². The Morgan fingerprint density at radius 1 is 1.00 bits per heavy atom. The lowest BCUT2D eigenvalue weighted by Crippen LogP contribution is -2.27. The van der Waals surface area contributed by atoms with Gasteiger partial charge in [-0.1, -0.05) is 49.4 Å². The van der Waals surface area contributed by atoms with Crippen molar-refractivity contribution in [1.29, 1.82) is 0 Å². The Morgan fingerprint density at radius 3 is 2.55 bits per heavy atom. The van der Waals surface area contributed by atoms with Crippen molar-refractivity contribution in [2.24, 2.45) is 0 Å². The van der Waals surface area contributed by atoms with Crippen molar-refractivity contribution in [2.45, 2.75) is 39.7 Å². The molecule has 1 heterocycles. The fraction of sp³-hybridized carbons (Fsp3) is 0.286. The summed E-state index contributed by atoms with van der Waals surface area (Å²) < 4.78 is 8.19. The number of imidazole rings is 1. The van der Waals surface area contributed by atoms with E-state index in [0.29, 0.717) is 19.6 Å². The number of benzene rings is 3. The van der Waals surface area contributed by atoms with Crippen LogP contribution >= 0.6 is 0 Å². The van der Waals surface area contributed by atoms with E-state index in [0.717, 1.165) is 53.1 Å². The maximum atomic E-state index is 12.5. The first-order valence-corrected chi connectivity index (χ1v) is 11.7. The van der Waals surface area contributed by atoms with E-state index in [9.17, 15) is 4.79 Å². The fourth-order valence-corrected chi connectivity index (χ4v) is 4.01. The van der Waals surface area contributed by atoms with Gasteiger partial charge in [-0.15, -0.1) is 0 Å². The lowest BCUT2D eigenvalue weighted by atomic mass is 10.1. The molecule has 33 heavy (non-hydrogen) atoms. The van der Waals surface area contributed by atoms with Crippen molar-refractivity contribution < 1.29 is 9.53 Å². The molecule has 3 aromatic carbocycles. The van der Waals surface area contributed by atoms with Gasteiger partial charge in [0.05, 0.1) is 17.6 Å². The van der Waals surface area contributed by atoms with Crippen molar-refractivity contribution in [1.82, 2.24) is 14.9 Å². The number of aryl methyl sites for hydroxylation is 3. The Bertz CT molecular complexity index is 1210. The molecule has 170 valence electrons. The highest BCUT2D eigenvalue weighted by molar-refractivity contribution is 5.95. The van der Waals surface area contributed by atoms with Crippen molar-refractivity contribution in [3.63, 3.8) is 0 Å². The molecule has 0 fully saturated rings. The van der Waals surface area contributed by atoms with Crippen LogP contribution in [-0.4, -0.2) is 28.6 Å². The second kappa shape index (κ2) is 10.8. The number of hydrogen-bond donors (Lipinski definition) is 1. The van der Waals surface area contributed by atoms with E-state index < -0.39 is 0 Å². The zero-order valence-electron chi connectivity index (χ0n) is 19.4. The maximum absolute atomic E-state index is 12.5. The highest BCUT2D eigenvalue weighted by atomic mass is 16.5. The van der Waals surface area contributed by atoms with Crippen LogP contribution in [-0.2, 0) is 19.4 Å². The Balaban J connectivity index is 1.36. The molecule has 0 aliphatic rings. The summed E-state index contributed by atoms with van der Waals surface area (Å²) >= 11 is 0. The van der Waals surface area contributed by atoms with Crippen LogP contribution in [0.5, 0.6) is 5.75 Å². The molecular formula is C28H31N3O2. The molecule has 0 saturated heterocycles. The van der Waals surface area contributed by atoms with Crippen molar-refractivity contribution in [3.05, 3.63) is 95.3 Å². The molecule has 0 aliphatic carbocycles. The van der Waals surface area contributed by atoms with E-state index >= 15 is 0 Å². The molecule has 0 atom stereocenters. The monoisotopic (exact) mass is 441 g/mol. The zero-order valence-corrected chi connectivity index (χ0v) is 19.4. The number of nitrogens with zero attached hydrogens (tertiary/aromatic N) is 2. The molecule has 1 N–H and O–H groups in total. The SMILES string of the molecule is CCc1ccc(OCCCn2c(CCNC(=O)c3ccccc3C)nc3ccccc32)cc1. The topological polar surface area (TPSA) is 56.1 Å². The summed E-state index contributed by atoms with van der Waals surface area (Å²) in [6, 6.07) is 24.1. The van der Waals surface area contributed by atoms with Gasteiger partial charge in [0.15, 0.2) is 0 Å². The van der Waals surface area contributed by atoms with E-state index in [4.69, 9.17) is 9.72 Å². The van der Waals surface area contributed by atoms with Crippen LogP contribution in [0.4, 0.5) is 0 Å². The molecule has 5 heteroatoms. The van der Waals surface area contributed by atoms with Crippen LogP contribution < -0.4 is 10.1 Å². The Kier molecular flexibility index (Phi) is 7.40. The molecule has 0 radical (unpaired) electrons. The molecule has 0 bridgehead atoms. The molecule has 4 rings (SSSR count). The Morgan fingerprint density at radius 2 is 1.76 bits per heavy atom. The summed E-state index contributed by atoms with van der Waals surface area (Å²) in [6.45, 7) is 6.10. The van der Waals surface area contributed by atoms with Gasteiger partial charge < -0.3 is 14.6 Å². The number of fused-ring (bicyclic) bond motifs is 1. The molecule has 5 nitrogen and oxygen atoms in total. The van der Waals surface area contributed by atoms with Gasteiger partial charge >= 0.3 is 0 Å². The first kappa shape index (κ1) is 22.6. The fourth-order valence-electron chi connectivity index (χ4n) is 4.01. The highest BCUT2D eigenvalue weighted by Gasteiger charge is 2.12. The number of amides is 1. The molecule has 4 aromatic rings. The average molecular weight is 442 g/mol. The summed E-state index contributed by atoms with van der Waals surface area (Å²) in [7, 11) is 0. The summed E-state index contributed by atoms with van der Waals surface area (Å²) in [6.07, 6.45) is 2.58. The van der Waals surface area contributed by atoms with Gasteiger partial charge in [-0.25, -0.2) is 4.98 Å². The van der Waals surface area contributed by atoms with Crippen LogP contribution in [0, 0.1) is 6.92 Å². The first-order chi connectivity index (χ1) is 16.2. The smallest absolute Gasteiger partial charge is 0.251 e. The summed E-state index contributed by atoms with van der Waals surface area (Å²) in [5.41, 5.74) is 5.10. The summed E-state index contributed by atoms with van der Waals surface area (Å²) in [5.74, 6) is 1.84. The second-order valence-electron chi connectivity index (χ2n) is 8.19. The third-order valence-electron chi connectivity index (χ3n) is 5.88.